The van der Waals surface area contributed by atoms with E-state index in [0.717, 1.165) is 29.4 Å². The topological polar surface area (TPSA) is 51.4 Å². The van der Waals surface area contributed by atoms with E-state index in [2.05, 4.69) is 14.9 Å². The van der Waals surface area contributed by atoms with Crippen molar-refractivity contribution in [2.24, 2.45) is 0 Å². The normalized spacial score (nSPS) is 18.1. The maximum absolute atomic E-state index is 5.78. The van der Waals surface area contributed by atoms with E-state index < -0.39 is 0 Å². The fourth-order valence-electron chi connectivity index (χ4n) is 2.75. The lowest BCUT2D eigenvalue weighted by Crippen LogP contribution is -2.38. The number of aromatic nitrogens is 2. The fourth-order valence-corrected chi connectivity index (χ4v) is 2.75. The SMILES string of the molecule is c1ccc(-c2cnc(N3CCOC(c4ccco4)C3)cn2)cc1. The first-order valence-electron chi connectivity index (χ1n) is 7.67. The first-order chi connectivity index (χ1) is 11.4. The highest BCUT2D eigenvalue weighted by molar-refractivity contribution is 5.58. The van der Waals surface area contributed by atoms with Gasteiger partial charge in [-0.15, -0.1) is 0 Å². The Bertz CT molecular complexity index is 742. The van der Waals surface area contributed by atoms with Crippen LogP contribution in [0.2, 0.25) is 0 Å². The van der Waals surface area contributed by atoms with Crippen molar-refractivity contribution in [3.05, 3.63) is 66.9 Å². The van der Waals surface area contributed by atoms with Crippen LogP contribution in [0.5, 0.6) is 0 Å². The molecule has 116 valence electrons. The summed E-state index contributed by atoms with van der Waals surface area (Å²) in [5.74, 6) is 1.72. The van der Waals surface area contributed by atoms with Crippen molar-refractivity contribution in [3.63, 3.8) is 0 Å². The van der Waals surface area contributed by atoms with Gasteiger partial charge in [-0.2, -0.15) is 0 Å². The minimum Gasteiger partial charge on any atom is -0.467 e. The number of hydrogen-bond acceptors (Lipinski definition) is 5. The third kappa shape index (κ3) is 2.96. The number of rotatable bonds is 3. The van der Waals surface area contributed by atoms with Gasteiger partial charge in [0.25, 0.3) is 0 Å². The summed E-state index contributed by atoms with van der Waals surface area (Å²) < 4.78 is 11.2. The van der Waals surface area contributed by atoms with E-state index in [4.69, 9.17) is 9.15 Å². The van der Waals surface area contributed by atoms with Gasteiger partial charge in [0.05, 0.1) is 37.5 Å². The van der Waals surface area contributed by atoms with Crippen LogP contribution in [0, 0.1) is 0 Å². The maximum Gasteiger partial charge on any atom is 0.147 e. The highest BCUT2D eigenvalue weighted by atomic mass is 16.5. The van der Waals surface area contributed by atoms with Crippen molar-refractivity contribution >= 4 is 5.82 Å². The van der Waals surface area contributed by atoms with E-state index in [1.54, 1.807) is 6.26 Å². The first-order valence-corrected chi connectivity index (χ1v) is 7.67. The highest BCUT2D eigenvalue weighted by Crippen LogP contribution is 2.25. The van der Waals surface area contributed by atoms with Gasteiger partial charge in [0.2, 0.25) is 0 Å². The van der Waals surface area contributed by atoms with Gasteiger partial charge in [-0.3, -0.25) is 4.98 Å². The number of furan rings is 1. The highest BCUT2D eigenvalue weighted by Gasteiger charge is 2.24. The monoisotopic (exact) mass is 307 g/mol. The number of benzene rings is 1. The van der Waals surface area contributed by atoms with Crippen molar-refractivity contribution in [2.75, 3.05) is 24.6 Å². The molecule has 0 amide bonds. The van der Waals surface area contributed by atoms with Gasteiger partial charge in [0.15, 0.2) is 0 Å². The molecule has 5 nitrogen and oxygen atoms in total. The van der Waals surface area contributed by atoms with Crippen LogP contribution >= 0.6 is 0 Å². The zero-order chi connectivity index (χ0) is 15.5. The summed E-state index contributed by atoms with van der Waals surface area (Å²) in [4.78, 5) is 11.3. The molecule has 0 saturated carbocycles. The van der Waals surface area contributed by atoms with E-state index in [9.17, 15) is 0 Å². The van der Waals surface area contributed by atoms with E-state index in [0.29, 0.717) is 13.2 Å². The molecule has 1 atom stereocenters. The molecule has 0 N–H and O–H groups in total. The predicted octanol–water partition coefficient (Wildman–Crippen LogP) is 3.31. The van der Waals surface area contributed by atoms with Crippen LogP contribution < -0.4 is 4.90 Å². The van der Waals surface area contributed by atoms with Crippen LogP contribution in [0.4, 0.5) is 5.82 Å². The molecule has 0 aliphatic carbocycles. The van der Waals surface area contributed by atoms with Crippen LogP contribution in [-0.2, 0) is 4.74 Å². The molecule has 1 saturated heterocycles. The molecule has 1 aliphatic heterocycles. The third-order valence-electron chi connectivity index (χ3n) is 3.96. The summed E-state index contributed by atoms with van der Waals surface area (Å²) >= 11 is 0. The number of hydrogen-bond donors (Lipinski definition) is 0. The molecule has 1 fully saturated rings. The second kappa shape index (κ2) is 6.22. The lowest BCUT2D eigenvalue weighted by atomic mass is 10.2. The lowest BCUT2D eigenvalue weighted by Gasteiger charge is -2.32. The summed E-state index contributed by atoms with van der Waals surface area (Å²) in [5.41, 5.74) is 1.95. The van der Waals surface area contributed by atoms with Crippen molar-refractivity contribution < 1.29 is 9.15 Å². The summed E-state index contributed by atoms with van der Waals surface area (Å²) in [5, 5.41) is 0. The fraction of sp³-hybridized carbons (Fsp3) is 0.222. The Kier molecular flexibility index (Phi) is 3.78. The smallest absolute Gasteiger partial charge is 0.147 e. The van der Waals surface area contributed by atoms with Crippen molar-refractivity contribution in [1.29, 1.82) is 0 Å². The molecule has 2 aromatic heterocycles. The Balaban J connectivity index is 1.51. The summed E-state index contributed by atoms with van der Waals surface area (Å²) in [6, 6.07) is 13.9. The molecule has 23 heavy (non-hydrogen) atoms. The molecule has 1 aliphatic rings. The molecule has 1 aromatic carbocycles. The first kappa shape index (κ1) is 14.0. The molecule has 3 aromatic rings. The second-order valence-electron chi connectivity index (χ2n) is 5.45. The summed E-state index contributed by atoms with van der Waals surface area (Å²) in [7, 11) is 0. The zero-order valence-corrected chi connectivity index (χ0v) is 12.6. The molecule has 1 unspecified atom stereocenters. The summed E-state index contributed by atoms with van der Waals surface area (Å²) in [6.07, 6.45) is 5.26. The minimum atomic E-state index is -0.0608. The van der Waals surface area contributed by atoms with Gasteiger partial charge in [0.1, 0.15) is 17.7 Å². The Morgan fingerprint density at radius 2 is 1.91 bits per heavy atom. The molecular formula is C18H17N3O2. The largest absolute Gasteiger partial charge is 0.467 e. The van der Waals surface area contributed by atoms with Gasteiger partial charge >= 0.3 is 0 Å². The van der Waals surface area contributed by atoms with Crippen LogP contribution in [0.3, 0.4) is 0 Å². The number of morpholine rings is 1. The van der Waals surface area contributed by atoms with E-state index in [-0.39, 0.29) is 6.10 Å². The average molecular weight is 307 g/mol. The van der Waals surface area contributed by atoms with Crippen LogP contribution in [-0.4, -0.2) is 29.7 Å². The van der Waals surface area contributed by atoms with Gasteiger partial charge in [0, 0.05) is 12.1 Å². The van der Waals surface area contributed by atoms with Crippen LogP contribution in [0.15, 0.2) is 65.5 Å². The van der Waals surface area contributed by atoms with Gasteiger partial charge < -0.3 is 14.1 Å². The number of nitrogens with zero attached hydrogens (tertiary/aromatic N) is 3. The lowest BCUT2D eigenvalue weighted by molar-refractivity contribution is 0.0255. The molecule has 4 rings (SSSR count). The second-order valence-corrected chi connectivity index (χ2v) is 5.45. The predicted molar refractivity (Wildman–Crippen MR) is 87.1 cm³/mol. The molecule has 5 heteroatoms. The molecule has 3 heterocycles. The van der Waals surface area contributed by atoms with Crippen molar-refractivity contribution in [2.45, 2.75) is 6.10 Å². The quantitative estimate of drug-likeness (QED) is 0.743. The van der Waals surface area contributed by atoms with Crippen LogP contribution in [0.1, 0.15) is 11.9 Å². The van der Waals surface area contributed by atoms with Gasteiger partial charge in [-0.25, -0.2) is 4.98 Å². The Labute approximate surface area is 134 Å². The van der Waals surface area contributed by atoms with Gasteiger partial charge in [-0.1, -0.05) is 30.3 Å². The maximum atomic E-state index is 5.78. The van der Waals surface area contributed by atoms with E-state index in [1.807, 2.05) is 54.9 Å². The van der Waals surface area contributed by atoms with Gasteiger partial charge in [-0.05, 0) is 12.1 Å². The number of anilines is 1. The van der Waals surface area contributed by atoms with E-state index >= 15 is 0 Å². The van der Waals surface area contributed by atoms with E-state index in [1.165, 1.54) is 0 Å². The van der Waals surface area contributed by atoms with Crippen LogP contribution in [0.25, 0.3) is 11.3 Å². The standard InChI is InChI=1S/C18H17N3O2/c1-2-5-14(6-3-1)15-11-20-18(12-19-15)21-8-10-23-17(13-21)16-7-4-9-22-16/h1-7,9,11-12,17H,8,10,13H2. The Hall–Kier alpha value is -2.66. The molecular weight excluding hydrogens is 290 g/mol. The van der Waals surface area contributed by atoms with Crippen molar-refractivity contribution in [3.8, 4) is 11.3 Å². The number of ether oxygens (including phenoxy) is 1. The third-order valence-corrected chi connectivity index (χ3v) is 3.96. The summed E-state index contributed by atoms with van der Waals surface area (Å²) in [6.45, 7) is 2.16. The van der Waals surface area contributed by atoms with Crippen molar-refractivity contribution in [1.82, 2.24) is 9.97 Å². The molecule has 0 radical (unpaired) electrons. The molecule has 0 bridgehead atoms. The minimum absolute atomic E-state index is 0.0608. The molecule has 0 spiro atoms. The zero-order valence-electron chi connectivity index (χ0n) is 12.6. The average Bonchev–Trinajstić information content (AvgIpc) is 3.18. The Morgan fingerprint density at radius 1 is 1.00 bits per heavy atom. The Morgan fingerprint density at radius 3 is 2.65 bits per heavy atom.